The van der Waals surface area contributed by atoms with Crippen molar-refractivity contribution in [3.05, 3.63) is 53.3 Å². The Labute approximate surface area is 153 Å². The number of amides is 1. The van der Waals surface area contributed by atoms with Crippen molar-refractivity contribution >= 4 is 6.09 Å². The molecular weight excluding hydrogens is 333 g/mol. The summed E-state index contributed by atoms with van der Waals surface area (Å²) < 4.78 is 25.0. The average molecular weight is 357 g/mol. The molecular formula is C21H24FNO3. The maximum Gasteiger partial charge on any atom is 0.405 e. The lowest BCUT2D eigenvalue weighted by molar-refractivity contribution is 0.0392. The third-order valence-corrected chi connectivity index (χ3v) is 4.74. The summed E-state index contributed by atoms with van der Waals surface area (Å²) in [6.45, 7) is 6.55. The lowest BCUT2D eigenvalue weighted by Gasteiger charge is -2.26. The van der Waals surface area contributed by atoms with Crippen molar-refractivity contribution in [2.75, 3.05) is 6.61 Å². The highest BCUT2D eigenvalue weighted by Gasteiger charge is 2.41. The Hall–Kier alpha value is -2.56. The molecule has 0 aliphatic heterocycles. The zero-order valence-electron chi connectivity index (χ0n) is 15.3. The Morgan fingerprint density at radius 2 is 1.92 bits per heavy atom. The smallest absolute Gasteiger partial charge is 0.405 e. The van der Waals surface area contributed by atoms with Crippen LogP contribution in [0.5, 0.6) is 5.75 Å². The minimum absolute atomic E-state index is 0.237. The normalized spacial score (nSPS) is 17.6. The molecule has 0 fully saturated rings. The highest BCUT2D eigenvalue weighted by molar-refractivity contribution is 5.68. The van der Waals surface area contributed by atoms with Crippen molar-refractivity contribution < 1.29 is 18.7 Å². The summed E-state index contributed by atoms with van der Waals surface area (Å²) in [5.74, 6) is -0.0977. The molecule has 0 saturated heterocycles. The van der Waals surface area contributed by atoms with E-state index in [2.05, 4.69) is 0 Å². The zero-order valence-corrected chi connectivity index (χ0v) is 15.3. The van der Waals surface area contributed by atoms with Gasteiger partial charge < -0.3 is 15.2 Å². The number of carbonyl (C=O) groups excluding carboxylic acids is 1. The van der Waals surface area contributed by atoms with Crippen LogP contribution in [0.15, 0.2) is 36.4 Å². The number of nitrogens with two attached hydrogens (primary N) is 1. The van der Waals surface area contributed by atoms with Crippen molar-refractivity contribution in [2.24, 2.45) is 11.1 Å². The maximum absolute atomic E-state index is 14.3. The monoisotopic (exact) mass is 357 g/mol. The summed E-state index contributed by atoms with van der Waals surface area (Å²) in [6.07, 6.45) is 0.445. The predicted molar refractivity (Wildman–Crippen MR) is 98.5 cm³/mol. The number of hydrogen-bond donors (Lipinski definition) is 1. The van der Waals surface area contributed by atoms with Crippen LogP contribution in [-0.2, 0) is 11.2 Å². The van der Waals surface area contributed by atoms with E-state index in [0.717, 1.165) is 35.1 Å². The molecule has 3 rings (SSSR count). The molecule has 2 aromatic rings. The molecule has 0 aromatic heterocycles. The molecule has 1 amide bonds. The van der Waals surface area contributed by atoms with Gasteiger partial charge in [-0.2, -0.15) is 0 Å². The maximum atomic E-state index is 14.3. The average Bonchev–Trinajstić information content (AvgIpc) is 2.82. The highest BCUT2D eigenvalue weighted by Crippen LogP contribution is 2.48. The third kappa shape index (κ3) is 3.52. The molecule has 5 heteroatoms. The Balaban J connectivity index is 1.91. The molecule has 138 valence electrons. The van der Waals surface area contributed by atoms with Gasteiger partial charge in [-0.25, -0.2) is 9.18 Å². The molecule has 2 aromatic carbocycles. The minimum atomic E-state index is -0.773. The second kappa shape index (κ2) is 6.98. The molecule has 0 radical (unpaired) electrons. The van der Waals surface area contributed by atoms with Crippen LogP contribution >= 0.6 is 0 Å². The molecule has 0 saturated carbocycles. The molecule has 2 N–H and O–H groups in total. The van der Waals surface area contributed by atoms with Gasteiger partial charge in [-0.3, -0.25) is 0 Å². The van der Waals surface area contributed by atoms with Crippen LogP contribution in [0.3, 0.4) is 0 Å². The van der Waals surface area contributed by atoms with E-state index in [-0.39, 0.29) is 23.1 Å². The van der Waals surface area contributed by atoms with Gasteiger partial charge in [0, 0.05) is 5.41 Å². The van der Waals surface area contributed by atoms with Crippen molar-refractivity contribution in [1.29, 1.82) is 0 Å². The van der Waals surface area contributed by atoms with E-state index >= 15 is 0 Å². The summed E-state index contributed by atoms with van der Waals surface area (Å²) in [5.41, 5.74) is 8.73. The van der Waals surface area contributed by atoms with Crippen LogP contribution in [0, 0.1) is 11.2 Å². The third-order valence-electron chi connectivity index (χ3n) is 4.74. The predicted octanol–water partition coefficient (Wildman–Crippen LogP) is 5.00. The second-order valence-electron chi connectivity index (χ2n) is 7.39. The number of primary amides is 1. The van der Waals surface area contributed by atoms with Crippen LogP contribution in [0.4, 0.5) is 9.18 Å². The lowest BCUT2D eigenvalue weighted by Crippen LogP contribution is -2.25. The van der Waals surface area contributed by atoms with Gasteiger partial charge in [0.25, 0.3) is 0 Å². The molecule has 1 unspecified atom stereocenters. The fourth-order valence-electron chi connectivity index (χ4n) is 3.55. The Morgan fingerprint density at radius 3 is 2.58 bits per heavy atom. The van der Waals surface area contributed by atoms with Crippen LogP contribution in [-0.4, -0.2) is 12.7 Å². The van der Waals surface area contributed by atoms with E-state index in [9.17, 15) is 9.18 Å². The largest absolute Gasteiger partial charge is 0.491 e. The van der Waals surface area contributed by atoms with Crippen LogP contribution < -0.4 is 10.5 Å². The van der Waals surface area contributed by atoms with Gasteiger partial charge in [0.15, 0.2) is 11.6 Å². The van der Waals surface area contributed by atoms with E-state index in [0.29, 0.717) is 6.61 Å². The molecule has 0 spiro atoms. The number of halogens is 1. The summed E-state index contributed by atoms with van der Waals surface area (Å²) in [7, 11) is 0. The van der Waals surface area contributed by atoms with Gasteiger partial charge in [0.05, 0.1) is 6.61 Å². The van der Waals surface area contributed by atoms with Gasteiger partial charge in [0.1, 0.15) is 6.10 Å². The quantitative estimate of drug-likeness (QED) is 0.819. The van der Waals surface area contributed by atoms with Crippen molar-refractivity contribution in [2.45, 2.75) is 39.7 Å². The number of hydrogen-bond acceptors (Lipinski definition) is 3. The standard InChI is InChI=1S/C21H24FNO3/c1-4-9-25-18-8-6-14(11-17(18)22)13-5-7-16-15(10-13)12-21(2,3)19(16)26-20(23)24/h5-8,10-11,19H,4,9,12H2,1-3H3,(H2,23,24). The number of rotatable bonds is 5. The molecule has 26 heavy (non-hydrogen) atoms. The van der Waals surface area contributed by atoms with Crippen LogP contribution in [0.1, 0.15) is 44.4 Å². The molecule has 0 bridgehead atoms. The van der Waals surface area contributed by atoms with Crippen LogP contribution in [0.25, 0.3) is 11.1 Å². The highest BCUT2D eigenvalue weighted by atomic mass is 19.1. The van der Waals surface area contributed by atoms with Crippen molar-refractivity contribution in [3.63, 3.8) is 0 Å². The first-order valence-corrected chi connectivity index (χ1v) is 8.83. The Bertz CT molecular complexity index is 832. The van der Waals surface area contributed by atoms with Crippen LogP contribution in [0.2, 0.25) is 0 Å². The van der Waals surface area contributed by atoms with E-state index in [1.54, 1.807) is 6.07 Å². The van der Waals surface area contributed by atoms with Crippen molar-refractivity contribution in [3.8, 4) is 16.9 Å². The zero-order chi connectivity index (χ0) is 18.9. The fraction of sp³-hybridized carbons (Fsp3) is 0.381. The van der Waals surface area contributed by atoms with Gasteiger partial charge in [-0.05, 0) is 47.2 Å². The summed E-state index contributed by atoms with van der Waals surface area (Å²) in [6, 6.07) is 10.9. The second-order valence-corrected chi connectivity index (χ2v) is 7.39. The lowest BCUT2D eigenvalue weighted by atomic mass is 9.87. The molecule has 0 heterocycles. The summed E-state index contributed by atoms with van der Waals surface area (Å²) in [4.78, 5) is 11.2. The SMILES string of the molecule is CCCOc1ccc(-c2ccc3c(c2)CC(C)(C)C3OC(N)=O)cc1F. The molecule has 1 aliphatic carbocycles. The first kappa shape index (κ1) is 18.2. The van der Waals surface area contributed by atoms with Gasteiger partial charge in [0.2, 0.25) is 0 Å². The van der Waals surface area contributed by atoms with Gasteiger partial charge >= 0.3 is 6.09 Å². The molecule has 1 atom stereocenters. The first-order chi connectivity index (χ1) is 12.3. The number of benzene rings is 2. The van der Waals surface area contributed by atoms with E-state index in [1.165, 1.54) is 6.07 Å². The Morgan fingerprint density at radius 1 is 1.23 bits per heavy atom. The summed E-state index contributed by atoms with van der Waals surface area (Å²) in [5, 5.41) is 0. The minimum Gasteiger partial charge on any atom is -0.491 e. The van der Waals surface area contributed by atoms with Crippen molar-refractivity contribution in [1.82, 2.24) is 0 Å². The fourth-order valence-corrected chi connectivity index (χ4v) is 3.55. The first-order valence-electron chi connectivity index (χ1n) is 8.83. The molecule has 1 aliphatic rings. The van der Waals surface area contributed by atoms with E-state index in [4.69, 9.17) is 15.2 Å². The van der Waals surface area contributed by atoms with Gasteiger partial charge in [-0.15, -0.1) is 0 Å². The van der Waals surface area contributed by atoms with Gasteiger partial charge in [-0.1, -0.05) is 45.0 Å². The Kier molecular flexibility index (Phi) is 4.90. The number of fused-ring (bicyclic) bond motifs is 1. The number of ether oxygens (including phenoxy) is 2. The van der Waals surface area contributed by atoms with E-state index in [1.807, 2.05) is 45.0 Å². The van der Waals surface area contributed by atoms with E-state index < -0.39 is 6.09 Å². The number of carbonyl (C=O) groups is 1. The molecule has 4 nitrogen and oxygen atoms in total. The summed E-state index contributed by atoms with van der Waals surface area (Å²) >= 11 is 0. The topological polar surface area (TPSA) is 61.6 Å².